The normalized spacial score (nSPS) is 11.0. The Hall–Kier alpha value is -3.41. The van der Waals surface area contributed by atoms with Crippen molar-refractivity contribution in [2.45, 2.75) is 6.54 Å². The second-order valence-corrected chi connectivity index (χ2v) is 5.37. The van der Waals surface area contributed by atoms with Crippen LogP contribution in [0.4, 0.5) is 0 Å². The largest absolute Gasteiger partial charge is 0.460 e. The summed E-state index contributed by atoms with van der Waals surface area (Å²) in [5.74, 6) is -0.606. The molecular weight excluding hydrogens is 320 g/mol. The summed E-state index contributed by atoms with van der Waals surface area (Å²) in [6.07, 6.45) is 3.54. The number of benzene rings is 2. The van der Waals surface area contributed by atoms with Crippen LogP contribution in [0.2, 0.25) is 0 Å². The highest BCUT2D eigenvalue weighted by Gasteiger charge is 2.10. The first-order chi connectivity index (χ1) is 12.1. The minimum atomic E-state index is -0.606. The average molecular weight is 336 g/mol. The molecule has 0 amide bonds. The number of hydrogen-bond donors (Lipinski definition) is 1. The zero-order valence-corrected chi connectivity index (χ0v) is 13.3. The van der Waals surface area contributed by atoms with Crippen molar-refractivity contribution in [3.8, 4) is 0 Å². The number of nitrogens with one attached hydrogen (secondary N) is 1. The van der Waals surface area contributed by atoms with Crippen molar-refractivity contribution in [2.24, 2.45) is 0 Å². The smallest absolute Gasteiger partial charge is 0.328 e. The van der Waals surface area contributed by atoms with Gasteiger partial charge in [-0.3, -0.25) is 19.5 Å². The molecule has 0 aliphatic rings. The van der Waals surface area contributed by atoms with E-state index in [1.807, 2.05) is 36.4 Å². The number of ether oxygens (including phenoxy) is 1. The minimum Gasteiger partial charge on any atom is -0.460 e. The van der Waals surface area contributed by atoms with Gasteiger partial charge in [-0.15, -0.1) is 0 Å². The Balaban J connectivity index is 1.66. The van der Waals surface area contributed by atoms with Gasteiger partial charge in [0.1, 0.15) is 13.2 Å². The zero-order chi connectivity index (χ0) is 17.6. The maximum absolute atomic E-state index is 12.3. The molecule has 0 atom stereocenters. The first-order valence-corrected chi connectivity index (χ1v) is 7.74. The Morgan fingerprint density at radius 1 is 1.00 bits per heavy atom. The maximum atomic E-state index is 12.3. The number of nitrogens with zero attached hydrogens (tertiary/aromatic N) is 1. The molecule has 126 valence electrons. The second-order valence-electron chi connectivity index (χ2n) is 5.37. The molecule has 0 aliphatic heterocycles. The quantitative estimate of drug-likeness (QED) is 0.722. The summed E-state index contributed by atoms with van der Waals surface area (Å²) in [5.41, 5.74) is 0.132. The third-order valence-electron chi connectivity index (χ3n) is 3.62. The Morgan fingerprint density at radius 3 is 2.44 bits per heavy atom. The summed E-state index contributed by atoms with van der Waals surface area (Å²) >= 11 is 0. The molecule has 6 heteroatoms. The van der Waals surface area contributed by atoms with Gasteiger partial charge in [-0.1, -0.05) is 48.5 Å². The first-order valence-electron chi connectivity index (χ1n) is 7.74. The molecule has 1 N–H and O–H groups in total. The first kappa shape index (κ1) is 16.4. The van der Waals surface area contributed by atoms with Crippen molar-refractivity contribution in [3.05, 3.63) is 86.9 Å². The van der Waals surface area contributed by atoms with E-state index in [4.69, 9.17) is 4.74 Å². The second kappa shape index (κ2) is 7.44. The number of esters is 1. The van der Waals surface area contributed by atoms with Crippen molar-refractivity contribution < 1.29 is 9.53 Å². The fraction of sp³-hybridized carbons (Fsp3) is 0.105. The van der Waals surface area contributed by atoms with E-state index in [1.165, 1.54) is 0 Å². The topological polar surface area (TPSA) is 81.2 Å². The van der Waals surface area contributed by atoms with E-state index >= 15 is 0 Å². The van der Waals surface area contributed by atoms with Crippen LogP contribution in [0.3, 0.4) is 0 Å². The lowest BCUT2D eigenvalue weighted by atomic mass is 10.2. The van der Waals surface area contributed by atoms with Crippen molar-refractivity contribution in [3.63, 3.8) is 0 Å². The van der Waals surface area contributed by atoms with Crippen molar-refractivity contribution in [1.29, 1.82) is 0 Å². The number of H-pyrrole nitrogens is 1. The highest BCUT2D eigenvalue weighted by molar-refractivity contribution is 5.80. The summed E-state index contributed by atoms with van der Waals surface area (Å²) in [7, 11) is 0. The third kappa shape index (κ3) is 3.92. The molecule has 0 unspecified atom stereocenters. The van der Waals surface area contributed by atoms with E-state index in [-0.39, 0.29) is 18.5 Å². The number of aromatic amines is 1. The van der Waals surface area contributed by atoms with Crippen LogP contribution >= 0.6 is 0 Å². The summed E-state index contributed by atoms with van der Waals surface area (Å²) < 4.78 is 6.03. The maximum Gasteiger partial charge on any atom is 0.328 e. The highest BCUT2D eigenvalue weighted by atomic mass is 16.5. The van der Waals surface area contributed by atoms with E-state index in [0.29, 0.717) is 5.39 Å². The van der Waals surface area contributed by atoms with E-state index in [2.05, 4.69) is 5.10 Å². The number of hydrogen-bond acceptors (Lipinski definition) is 4. The average Bonchev–Trinajstić information content (AvgIpc) is 2.64. The van der Waals surface area contributed by atoms with E-state index in [0.717, 1.165) is 10.2 Å². The monoisotopic (exact) mass is 336 g/mol. The molecule has 0 radical (unpaired) electrons. The van der Waals surface area contributed by atoms with Gasteiger partial charge < -0.3 is 4.74 Å². The van der Waals surface area contributed by atoms with Gasteiger partial charge in [-0.05, 0) is 23.8 Å². The summed E-state index contributed by atoms with van der Waals surface area (Å²) in [4.78, 5) is 36.2. The lowest BCUT2D eigenvalue weighted by molar-refractivity contribution is -0.143. The van der Waals surface area contributed by atoms with Crippen LogP contribution < -0.4 is 11.1 Å². The minimum absolute atomic E-state index is 0.0836. The molecule has 0 saturated heterocycles. The SMILES string of the molecule is O=C(Cn1[nH]c(=O)c2ccccc2c1=O)OC/C=C/c1ccccc1. The molecule has 0 aliphatic carbocycles. The molecule has 2 aromatic carbocycles. The van der Waals surface area contributed by atoms with Gasteiger partial charge in [-0.2, -0.15) is 0 Å². The Kier molecular flexibility index (Phi) is 4.89. The number of rotatable bonds is 5. The van der Waals surface area contributed by atoms with Gasteiger partial charge in [0.2, 0.25) is 0 Å². The zero-order valence-electron chi connectivity index (χ0n) is 13.3. The Morgan fingerprint density at radius 2 is 1.68 bits per heavy atom. The fourth-order valence-corrected chi connectivity index (χ4v) is 2.42. The van der Waals surface area contributed by atoms with Gasteiger partial charge in [0.15, 0.2) is 0 Å². The van der Waals surface area contributed by atoms with Gasteiger partial charge in [0, 0.05) is 0 Å². The predicted octanol–water partition coefficient (Wildman–Crippen LogP) is 1.95. The number of aromatic nitrogens is 2. The van der Waals surface area contributed by atoms with Crippen LogP contribution in [0.5, 0.6) is 0 Å². The van der Waals surface area contributed by atoms with Crippen molar-refractivity contribution in [2.75, 3.05) is 6.61 Å². The molecule has 0 saturated carbocycles. The van der Waals surface area contributed by atoms with Crippen LogP contribution in [-0.4, -0.2) is 22.4 Å². The fourth-order valence-electron chi connectivity index (χ4n) is 2.42. The summed E-state index contributed by atoms with van der Waals surface area (Å²) in [5, 5.41) is 2.96. The molecule has 3 aromatic rings. The summed E-state index contributed by atoms with van der Waals surface area (Å²) in [6, 6.07) is 16.1. The predicted molar refractivity (Wildman–Crippen MR) is 95.3 cm³/mol. The molecule has 25 heavy (non-hydrogen) atoms. The number of fused-ring (bicyclic) bond motifs is 1. The molecule has 3 rings (SSSR count). The van der Waals surface area contributed by atoms with Gasteiger partial charge in [0.25, 0.3) is 11.1 Å². The number of carbonyl (C=O) groups is 1. The molecule has 1 heterocycles. The molecular formula is C19H16N2O4. The van der Waals surface area contributed by atoms with Gasteiger partial charge >= 0.3 is 5.97 Å². The number of carbonyl (C=O) groups excluding carboxylic acids is 1. The standard InChI is InChI=1S/C19H16N2O4/c22-17(25-12-6-9-14-7-2-1-3-8-14)13-21-19(24)16-11-5-4-10-15(16)18(23)20-21/h1-11H,12-13H2,(H,20,23)/b9-6+. The molecule has 0 spiro atoms. The lowest BCUT2D eigenvalue weighted by Gasteiger charge is -2.06. The van der Waals surface area contributed by atoms with E-state index < -0.39 is 17.1 Å². The van der Waals surface area contributed by atoms with Crippen LogP contribution in [0.25, 0.3) is 16.8 Å². The van der Waals surface area contributed by atoms with Crippen molar-refractivity contribution >= 4 is 22.8 Å². The Labute approximate surface area is 143 Å². The van der Waals surface area contributed by atoms with Crippen LogP contribution in [-0.2, 0) is 16.1 Å². The summed E-state index contributed by atoms with van der Waals surface area (Å²) in [6.45, 7) is -0.265. The molecule has 1 aromatic heterocycles. The molecule has 0 fully saturated rings. The van der Waals surface area contributed by atoms with Crippen LogP contribution in [0.15, 0.2) is 70.3 Å². The molecule has 0 bridgehead atoms. The van der Waals surface area contributed by atoms with Gasteiger partial charge in [-0.25, -0.2) is 4.68 Å². The highest BCUT2D eigenvalue weighted by Crippen LogP contribution is 2.03. The van der Waals surface area contributed by atoms with E-state index in [9.17, 15) is 14.4 Å². The van der Waals surface area contributed by atoms with Gasteiger partial charge in [0.05, 0.1) is 10.8 Å². The Bertz CT molecular complexity index is 1030. The van der Waals surface area contributed by atoms with Crippen LogP contribution in [0.1, 0.15) is 5.56 Å². The van der Waals surface area contributed by atoms with Crippen molar-refractivity contribution in [1.82, 2.24) is 9.78 Å². The van der Waals surface area contributed by atoms with E-state index in [1.54, 1.807) is 30.3 Å². The third-order valence-corrected chi connectivity index (χ3v) is 3.62. The molecule has 6 nitrogen and oxygen atoms in total. The van der Waals surface area contributed by atoms with Crippen LogP contribution in [0, 0.1) is 0 Å². The lowest BCUT2D eigenvalue weighted by Crippen LogP contribution is -2.32.